The van der Waals surface area contributed by atoms with E-state index in [0.717, 1.165) is 12.1 Å². The number of nitrogens with zero attached hydrogens (tertiary/aromatic N) is 1. The molecular weight excluding hydrogens is 236 g/mol. The summed E-state index contributed by atoms with van der Waals surface area (Å²) < 4.78 is 5.88. The Hall–Kier alpha value is -1.45. The fraction of sp³-hybridized carbons (Fsp3) is 0.438. The van der Waals surface area contributed by atoms with Crippen LogP contribution in [0.15, 0.2) is 36.5 Å². The van der Waals surface area contributed by atoms with Crippen LogP contribution in [0.1, 0.15) is 24.8 Å². The van der Waals surface area contributed by atoms with Crippen LogP contribution in [0.4, 0.5) is 0 Å². The van der Waals surface area contributed by atoms with Gasteiger partial charge in [-0.05, 0) is 30.9 Å². The third-order valence-electron chi connectivity index (χ3n) is 4.38. The third-order valence-corrected chi connectivity index (χ3v) is 4.38. The van der Waals surface area contributed by atoms with Gasteiger partial charge in [0.1, 0.15) is 0 Å². The molecule has 2 aliphatic rings. The summed E-state index contributed by atoms with van der Waals surface area (Å²) in [7, 11) is 0. The maximum atomic E-state index is 5.88. The SMILES string of the molecule is c1cnc2c(CNC3CC4CCC3O4)cccc2c1. The van der Waals surface area contributed by atoms with Gasteiger partial charge in [0.2, 0.25) is 0 Å². The van der Waals surface area contributed by atoms with Crippen LogP contribution in [-0.2, 0) is 11.3 Å². The lowest BCUT2D eigenvalue weighted by atomic mass is 9.95. The molecule has 2 saturated heterocycles. The molecule has 1 N–H and O–H groups in total. The zero-order valence-corrected chi connectivity index (χ0v) is 10.9. The molecule has 3 atom stereocenters. The lowest BCUT2D eigenvalue weighted by molar-refractivity contribution is 0.0973. The van der Waals surface area contributed by atoms with Crippen molar-refractivity contribution in [2.24, 2.45) is 0 Å². The molecule has 3 nitrogen and oxygen atoms in total. The van der Waals surface area contributed by atoms with Crippen molar-refractivity contribution in [3.8, 4) is 0 Å². The Labute approximate surface area is 113 Å². The summed E-state index contributed by atoms with van der Waals surface area (Å²) in [4.78, 5) is 4.50. The third kappa shape index (κ3) is 2.03. The normalized spacial score (nSPS) is 29.2. The van der Waals surface area contributed by atoms with Crippen molar-refractivity contribution in [2.45, 2.75) is 44.1 Å². The summed E-state index contributed by atoms with van der Waals surface area (Å²) in [5.74, 6) is 0. The zero-order valence-electron chi connectivity index (χ0n) is 10.9. The van der Waals surface area contributed by atoms with E-state index >= 15 is 0 Å². The molecule has 3 heteroatoms. The van der Waals surface area contributed by atoms with Crippen LogP contribution in [0.2, 0.25) is 0 Å². The van der Waals surface area contributed by atoms with E-state index in [2.05, 4.69) is 34.6 Å². The molecule has 0 spiro atoms. The number of hydrogen-bond acceptors (Lipinski definition) is 3. The number of fused-ring (bicyclic) bond motifs is 3. The molecule has 0 saturated carbocycles. The Morgan fingerprint density at radius 3 is 3.00 bits per heavy atom. The first kappa shape index (κ1) is 11.4. The second-order valence-electron chi connectivity index (χ2n) is 5.59. The molecule has 0 aliphatic carbocycles. The Bertz CT molecular complexity index is 593. The molecule has 2 aromatic rings. The predicted molar refractivity (Wildman–Crippen MR) is 74.9 cm³/mol. The summed E-state index contributed by atoms with van der Waals surface area (Å²) in [6.45, 7) is 0.881. The van der Waals surface area contributed by atoms with E-state index in [0.29, 0.717) is 18.2 Å². The number of ether oxygens (including phenoxy) is 1. The van der Waals surface area contributed by atoms with E-state index in [1.807, 2.05) is 12.3 Å². The largest absolute Gasteiger partial charge is 0.373 e. The molecule has 2 bridgehead atoms. The molecule has 2 fully saturated rings. The second kappa shape index (κ2) is 4.58. The van der Waals surface area contributed by atoms with Gasteiger partial charge < -0.3 is 10.1 Å². The highest BCUT2D eigenvalue weighted by Crippen LogP contribution is 2.34. The first-order valence-corrected chi connectivity index (χ1v) is 7.11. The van der Waals surface area contributed by atoms with Gasteiger partial charge in [0, 0.05) is 24.2 Å². The number of pyridine rings is 1. The highest BCUT2D eigenvalue weighted by Gasteiger charge is 2.40. The fourth-order valence-corrected chi connectivity index (χ4v) is 3.40. The molecule has 3 unspecified atom stereocenters. The monoisotopic (exact) mass is 254 g/mol. The van der Waals surface area contributed by atoms with Gasteiger partial charge in [-0.15, -0.1) is 0 Å². The van der Waals surface area contributed by atoms with Crippen molar-refractivity contribution in [3.05, 3.63) is 42.1 Å². The molecule has 3 heterocycles. The predicted octanol–water partition coefficient (Wildman–Crippen LogP) is 2.64. The first-order valence-electron chi connectivity index (χ1n) is 7.11. The molecule has 0 amide bonds. The molecule has 4 rings (SSSR count). The molecule has 2 aliphatic heterocycles. The minimum absolute atomic E-state index is 0.438. The van der Waals surface area contributed by atoms with Crippen LogP contribution < -0.4 is 5.32 Å². The quantitative estimate of drug-likeness (QED) is 0.914. The van der Waals surface area contributed by atoms with E-state index in [9.17, 15) is 0 Å². The number of benzene rings is 1. The van der Waals surface area contributed by atoms with Crippen molar-refractivity contribution >= 4 is 10.9 Å². The fourth-order valence-electron chi connectivity index (χ4n) is 3.40. The minimum atomic E-state index is 0.438. The number of aromatic nitrogens is 1. The molecule has 1 aromatic heterocycles. The first-order chi connectivity index (χ1) is 9.40. The van der Waals surface area contributed by atoms with Gasteiger partial charge in [-0.25, -0.2) is 0 Å². The maximum absolute atomic E-state index is 5.88. The van der Waals surface area contributed by atoms with E-state index in [-0.39, 0.29) is 0 Å². The van der Waals surface area contributed by atoms with Crippen LogP contribution in [0, 0.1) is 0 Å². The average Bonchev–Trinajstić information content (AvgIpc) is 3.07. The molecule has 0 radical (unpaired) electrons. The second-order valence-corrected chi connectivity index (χ2v) is 5.59. The minimum Gasteiger partial charge on any atom is -0.373 e. The Morgan fingerprint density at radius 2 is 2.16 bits per heavy atom. The Kier molecular flexibility index (Phi) is 2.75. The van der Waals surface area contributed by atoms with Gasteiger partial charge in [0.15, 0.2) is 0 Å². The molecule has 19 heavy (non-hydrogen) atoms. The maximum Gasteiger partial charge on any atom is 0.0746 e. The van der Waals surface area contributed by atoms with Crippen LogP contribution in [0.3, 0.4) is 0 Å². The number of hydrogen-bond donors (Lipinski definition) is 1. The Morgan fingerprint density at radius 1 is 1.21 bits per heavy atom. The zero-order chi connectivity index (χ0) is 12.7. The summed E-state index contributed by atoms with van der Waals surface area (Å²) in [5, 5.41) is 4.87. The Balaban J connectivity index is 1.52. The number of nitrogens with one attached hydrogen (secondary N) is 1. The molecule has 1 aromatic carbocycles. The van der Waals surface area contributed by atoms with E-state index in [4.69, 9.17) is 4.74 Å². The lowest BCUT2D eigenvalue weighted by Crippen LogP contribution is -2.37. The van der Waals surface area contributed by atoms with E-state index < -0.39 is 0 Å². The van der Waals surface area contributed by atoms with Gasteiger partial charge in [0.25, 0.3) is 0 Å². The van der Waals surface area contributed by atoms with Crippen LogP contribution in [0.5, 0.6) is 0 Å². The summed E-state index contributed by atoms with van der Waals surface area (Å²) in [5.41, 5.74) is 2.39. The van der Waals surface area contributed by atoms with Crippen molar-refractivity contribution in [1.82, 2.24) is 10.3 Å². The van der Waals surface area contributed by atoms with Gasteiger partial charge >= 0.3 is 0 Å². The van der Waals surface area contributed by atoms with Crippen molar-refractivity contribution < 1.29 is 4.74 Å². The topological polar surface area (TPSA) is 34.2 Å². The summed E-state index contributed by atoms with van der Waals surface area (Å²) in [6, 6.07) is 11.0. The summed E-state index contributed by atoms with van der Waals surface area (Å²) in [6.07, 6.45) is 6.45. The van der Waals surface area contributed by atoms with E-state index in [1.54, 1.807) is 0 Å². The van der Waals surface area contributed by atoms with Crippen molar-refractivity contribution in [1.29, 1.82) is 0 Å². The van der Waals surface area contributed by atoms with Gasteiger partial charge in [-0.1, -0.05) is 24.3 Å². The van der Waals surface area contributed by atoms with E-state index in [1.165, 1.54) is 30.2 Å². The van der Waals surface area contributed by atoms with Gasteiger partial charge in [-0.2, -0.15) is 0 Å². The standard InChI is InChI=1S/C16H18N2O/c1-3-11-5-2-8-17-16(11)12(4-1)10-18-14-9-13-6-7-15(14)19-13/h1-5,8,13-15,18H,6-7,9-10H2. The lowest BCUT2D eigenvalue weighted by Gasteiger charge is -2.20. The van der Waals surface area contributed by atoms with Gasteiger partial charge in [0.05, 0.1) is 17.7 Å². The smallest absolute Gasteiger partial charge is 0.0746 e. The van der Waals surface area contributed by atoms with Crippen LogP contribution in [0.25, 0.3) is 10.9 Å². The molecule has 98 valence electrons. The van der Waals surface area contributed by atoms with Crippen LogP contribution >= 0.6 is 0 Å². The average molecular weight is 254 g/mol. The summed E-state index contributed by atoms with van der Waals surface area (Å²) >= 11 is 0. The van der Waals surface area contributed by atoms with Crippen molar-refractivity contribution in [2.75, 3.05) is 0 Å². The number of rotatable bonds is 3. The van der Waals surface area contributed by atoms with Crippen LogP contribution in [-0.4, -0.2) is 23.2 Å². The molecular formula is C16H18N2O. The highest BCUT2D eigenvalue weighted by atomic mass is 16.5. The van der Waals surface area contributed by atoms with Gasteiger partial charge in [-0.3, -0.25) is 4.98 Å². The van der Waals surface area contributed by atoms with Crippen molar-refractivity contribution in [3.63, 3.8) is 0 Å². The number of para-hydroxylation sites is 1. The highest BCUT2D eigenvalue weighted by molar-refractivity contribution is 5.81.